The molecule has 3 aromatic rings. The van der Waals surface area contributed by atoms with E-state index in [1.807, 2.05) is 30.3 Å². The Morgan fingerprint density at radius 2 is 1.92 bits per heavy atom. The lowest BCUT2D eigenvalue weighted by Gasteiger charge is -2.09. The fourth-order valence-electron chi connectivity index (χ4n) is 2.26. The molecule has 3 rings (SSSR count). The fraction of sp³-hybridized carbons (Fsp3) is 0.118. The molecule has 0 bridgehead atoms. The lowest BCUT2D eigenvalue weighted by Crippen LogP contribution is -1.97. The molecular formula is C17H15ClN4O2S. The molecule has 6 nitrogen and oxygen atoms in total. The van der Waals surface area contributed by atoms with Gasteiger partial charge in [0, 0.05) is 16.1 Å². The number of nitrogens with one attached hydrogen (secondary N) is 1. The van der Waals surface area contributed by atoms with Gasteiger partial charge in [0.2, 0.25) is 4.77 Å². The maximum Gasteiger partial charge on any atom is 0.216 e. The molecule has 0 aliphatic rings. The Balaban J connectivity index is 2.03. The topological polar surface area (TPSA) is 64.4 Å². The van der Waals surface area contributed by atoms with E-state index in [1.165, 1.54) is 4.68 Å². The van der Waals surface area contributed by atoms with E-state index in [0.29, 0.717) is 27.1 Å². The molecule has 1 heterocycles. The summed E-state index contributed by atoms with van der Waals surface area (Å²) < 4.78 is 12.5. The molecule has 1 N–H and O–H groups in total. The lowest BCUT2D eigenvalue weighted by molar-refractivity contribution is 0.355. The third-order valence-corrected chi connectivity index (χ3v) is 4.12. The second-order valence-electron chi connectivity index (χ2n) is 5.00. The average molecular weight is 375 g/mol. The molecule has 0 fully saturated rings. The maximum atomic E-state index is 6.15. The van der Waals surface area contributed by atoms with Crippen LogP contribution in [0.25, 0.3) is 11.4 Å². The Kier molecular flexibility index (Phi) is 5.16. The van der Waals surface area contributed by atoms with E-state index in [-0.39, 0.29) is 0 Å². The minimum Gasteiger partial charge on any atom is -0.493 e. The van der Waals surface area contributed by atoms with Crippen LogP contribution in [0.5, 0.6) is 11.5 Å². The minimum absolute atomic E-state index is 0.369. The van der Waals surface area contributed by atoms with Gasteiger partial charge in [-0.3, -0.25) is 0 Å². The predicted octanol–water partition coefficient (Wildman–Crippen LogP) is 4.16. The van der Waals surface area contributed by atoms with E-state index in [0.717, 1.165) is 11.1 Å². The van der Waals surface area contributed by atoms with E-state index < -0.39 is 0 Å². The van der Waals surface area contributed by atoms with Gasteiger partial charge in [-0.1, -0.05) is 29.8 Å². The van der Waals surface area contributed by atoms with E-state index >= 15 is 0 Å². The summed E-state index contributed by atoms with van der Waals surface area (Å²) in [6.45, 7) is 0. The summed E-state index contributed by atoms with van der Waals surface area (Å²) in [4.78, 5) is 0. The summed E-state index contributed by atoms with van der Waals surface area (Å²) in [6.07, 6.45) is 1.64. The number of hydrogen-bond donors (Lipinski definition) is 1. The minimum atomic E-state index is 0.369. The highest BCUT2D eigenvalue weighted by Crippen LogP contribution is 2.31. The molecule has 0 unspecified atom stereocenters. The second-order valence-corrected chi connectivity index (χ2v) is 5.79. The van der Waals surface area contributed by atoms with Crippen LogP contribution in [0.3, 0.4) is 0 Å². The van der Waals surface area contributed by atoms with Gasteiger partial charge < -0.3 is 9.47 Å². The van der Waals surface area contributed by atoms with Crippen LogP contribution in [-0.2, 0) is 0 Å². The molecule has 25 heavy (non-hydrogen) atoms. The number of H-pyrrole nitrogens is 1. The predicted molar refractivity (Wildman–Crippen MR) is 100 cm³/mol. The molecule has 0 saturated heterocycles. The molecule has 8 heteroatoms. The monoisotopic (exact) mass is 374 g/mol. The van der Waals surface area contributed by atoms with Crippen molar-refractivity contribution in [1.82, 2.24) is 14.9 Å². The molecule has 0 spiro atoms. The van der Waals surface area contributed by atoms with Gasteiger partial charge in [0.1, 0.15) is 0 Å². The zero-order valence-electron chi connectivity index (χ0n) is 13.6. The Morgan fingerprint density at radius 1 is 1.16 bits per heavy atom. The van der Waals surface area contributed by atoms with Crippen LogP contribution >= 0.6 is 23.8 Å². The maximum absolute atomic E-state index is 6.15. The van der Waals surface area contributed by atoms with Crippen LogP contribution in [0, 0.1) is 4.77 Å². The number of rotatable bonds is 5. The van der Waals surface area contributed by atoms with E-state index in [1.54, 1.807) is 32.6 Å². The normalized spacial score (nSPS) is 11.0. The summed E-state index contributed by atoms with van der Waals surface area (Å²) in [6, 6.07) is 12.9. The highest BCUT2D eigenvalue weighted by molar-refractivity contribution is 7.71. The number of methoxy groups -OCH3 is 2. The summed E-state index contributed by atoms with van der Waals surface area (Å²) in [7, 11) is 3.16. The fourth-order valence-corrected chi connectivity index (χ4v) is 2.62. The van der Waals surface area contributed by atoms with E-state index in [9.17, 15) is 0 Å². The smallest absolute Gasteiger partial charge is 0.216 e. The van der Waals surface area contributed by atoms with E-state index in [4.69, 9.17) is 33.3 Å². The first-order chi connectivity index (χ1) is 12.1. The molecule has 0 atom stereocenters. The zero-order valence-corrected chi connectivity index (χ0v) is 15.1. The third-order valence-electron chi connectivity index (χ3n) is 3.51. The molecular weight excluding hydrogens is 360 g/mol. The number of hydrogen-bond acceptors (Lipinski definition) is 5. The quantitative estimate of drug-likeness (QED) is 0.538. The number of halogens is 1. The summed E-state index contributed by atoms with van der Waals surface area (Å²) in [5.74, 6) is 1.77. The van der Waals surface area contributed by atoms with Crippen LogP contribution in [0.15, 0.2) is 47.6 Å². The Bertz CT molecular complexity index is 981. The molecule has 0 amide bonds. The number of nitrogens with zero attached hydrogens (tertiary/aromatic N) is 3. The first kappa shape index (κ1) is 17.2. The van der Waals surface area contributed by atoms with Gasteiger partial charge in [0.25, 0.3) is 0 Å². The standard InChI is InChI=1S/C17H15ClN4O2S/c1-23-14-8-7-11(9-15(14)24-2)16-20-21-17(25)22(16)19-10-12-5-3-4-6-13(12)18/h3-10H,1-2H3,(H,21,25)/b19-10-. The Labute approximate surface area is 154 Å². The van der Waals surface area contributed by atoms with Crippen molar-refractivity contribution in [3.8, 4) is 22.9 Å². The molecule has 0 aliphatic heterocycles. The Hall–Kier alpha value is -2.64. The average Bonchev–Trinajstić information content (AvgIpc) is 3.01. The zero-order chi connectivity index (χ0) is 17.8. The highest BCUT2D eigenvalue weighted by Gasteiger charge is 2.12. The van der Waals surface area contributed by atoms with Crippen LogP contribution in [-0.4, -0.2) is 35.3 Å². The van der Waals surface area contributed by atoms with Crippen molar-refractivity contribution in [1.29, 1.82) is 0 Å². The van der Waals surface area contributed by atoms with Gasteiger partial charge in [-0.05, 0) is 36.5 Å². The van der Waals surface area contributed by atoms with Crippen molar-refractivity contribution in [2.45, 2.75) is 0 Å². The van der Waals surface area contributed by atoms with Crippen molar-refractivity contribution in [3.05, 3.63) is 57.8 Å². The van der Waals surface area contributed by atoms with Crippen molar-refractivity contribution in [2.24, 2.45) is 5.10 Å². The molecule has 128 valence electrons. The van der Waals surface area contributed by atoms with Crippen molar-refractivity contribution in [3.63, 3.8) is 0 Å². The molecule has 0 saturated carbocycles. The van der Waals surface area contributed by atoms with Gasteiger partial charge in [0.05, 0.1) is 20.4 Å². The summed E-state index contributed by atoms with van der Waals surface area (Å²) in [5, 5.41) is 12.0. The third kappa shape index (κ3) is 3.57. The SMILES string of the molecule is COc1ccc(-c2n[nH]c(=S)n2/N=C\c2ccccc2Cl)cc1OC. The van der Waals surface area contributed by atoms with Crippen LogP contribution in [0.1, 0.15) is 5.56 Å². The Morgan fingerprint density at radius 3 is 2.64 bits per heavy atom. The lowest BCUT2D eigenvalue weighted by atomic mass is 10.2. The van der Waals surface area contributed by atoms with Gasteiger partial charge in [-0.2, -0.15) is 14.9 Å². The molecule has 0 radical (unpaired) electrons. The largest absolute Gasteiger partial charge is 0.493 e. The molecule has 2 aromatic carbocycles. The highest BCUT2D eigenvalue weighted by atomic mass is 35.5. The van der Waals surface area contributed by atoms with Crippen LogP contribution < -0.4 is 9.47 Å². The first-order valence-electron chi connectivity index (χ1n) is 7.32. The summed E-state index contributed by atoms with van der Waals surface area (Å²) in [5.41, 5.74) is 1.56. The van der Waals surface area contributed by atoms with Crippen molar-refractivity contribution >= 4 is 30.0 Å². The summed E-state index contributed by atoms with van der Waals surface area (Å²) >= 11 is 11.4. The number of ether oxygens (including phenoxy) is 2. The molecule has 1 aromatic heterocycles. The van der Waals surface area contributed by atoms with Crippen molar-refractivity contribution in [2.75, 3.05) is 14.2 Å². The van der Waals surface area contributed by atoms with E-state index in [2.05, 4.69) is 15.3 Å². The van der Waals surface area contributed by atoms with Gasteiger partial charge in [-0.25, -0.2) is 5.10 Å². The molecule has 0 aliphatic carbocycles. The van der Waals surface area contributed by atoms with Gasteiger partial charge in [-0.15, -0.1) is 0 Å². The number of aromatic amines is 1. The second kappa shape index (κ2) is 7.50. The van der Waals surface area contributed by atoms with Crippen LogP contribution in [0.2, 0.25) is 5.02 Å². The number of aromatic nitrogens is 3. The van der Waals surface area contributed by atoms with Crippen molar-refractivity contribution < 1.29 is 9.47 Å². The number of benzene rings is 2. The first-order valence-corrected chi connectivity index (χ1v) is 8.11. The van der Waals surface area contributed by atoms with Gasteiger partial charge >= 0.3 is 0 Å². The van der Waals surface area contributed by atoms with Gasteiger partial charge in [0.15, 0.2) is 17.3 Å². The van der Waals surface area contributed by atoms with Crippen LogP contribution in [0.4, 0.5) is 0 Å².